The molecule has 2 saturated heterocycles. The zero-order valence-electron chi connectivity index (χ0n) is 35.9. The van der Waals surface area contributed by atoms with Crippen molar-refractivity contribution in [3.63, 3.8) is 0 Å². The van der Waals surface area contributed by atoms with Crippen molar-refractivity contribution in [1.82, 2.24) is 40.4 Å². The van der Waals surface area contributed by atoms with Gasteiger partial charge in [0.2, 0.25) is 5.91 Å². The van der Waals surface area contributed by atoms with Crippen LogP contribution in [0.5, 0.6) is 5.75 Å². The Morgan fingerprint density at radius 1 is 0.922 bits per heavy atom. The molecule has 332 valence electrons. The van der Waals surface area contributed by atoms with E-state index in [1.165, 1.54) is 14.2 Å². The van der Waals surface area contributed by atoms with E-state index in [0.29, 0.717) is 56.4 Å². The second kappa shape index (κ2) is 17.7. The molecule has 0 aliphatic carbocycles. The average Bonchev–Trinajstić information content (AvgIpc) is 4.15. The number of ether oxygens (including phenoxy) is 4. The SMILES string of the molecule is COC[C@H]1C[C@@H](c2nc3c(ccc4cc5c(cc43)OCc3cc(-c4cnc([C@@H]6CCCN6C(=O)[C@H](NC(=O)O)c6ccccc6)[nH]4)ccc3-5)[nH]2)N(C(=O)[C@@H](NC(=O)OC)C(C)OC)C1. The Labute approximate surface area is 368 Å². The van der Waals surface area contributed by atoms with E-state index in [2.05, 4.69) is 38.8 Å². The van der Waals surface area contributed by atoms with Gasteiger partial charge in [0.1, 0.15) is 36.1 Å². The first kappa shape index (κ1) is 42.3. The lowest BCUT2D eigenvalue weighted by Gasteiger charge is -2.30. The quantitative estimate of drug-likeness (QED) is 0.0880. The molecule has 0 radical (unpaired) electrons. The Morgan fingerprint density at radius 2 is 1.75 bits per heavy atom. The molecule has 3 aliphatic rings. The van der Waals surface area contributed by atoms with Crippen molar-refractivity contribution < 1.29 is 43.2 Å². The number of aromatic amines is 2. The van der Waals surface area contributed by atoms with Gasteiger partial charge in [-0.25, -0.2) is 19.6 Å². The summed E-state index contributed by atoms with van der Waals surface area (Å²) in [5, 5.41) is 16.5. The number of aromatic nitrogens is 4. The number of likely N-dealkylation sites (tertiary alicyclic amines) is 2. The van der Waals surface area contributed by atoms with Crippen molar-refractivity contribution in [2.45, 2.75) is 63.1 Å². The van der Waals surface area contributed by atoms with Crippen molar-refractivity contribution in [2.24, 2.45) is 5.92 Å². The van der Waals surface area contributed by atoms with E-state index in [1.807, 2.05) is 30.3 Å². The smallest absolute Gasteiger partial charge is 0.407 e. The Bertz CT molecular complexity index is 2740. The molecular weight excluding hydrogens is 821 g/mol. The number of amides is 4. The zero-order chi connectivity index (χ0) is 44.6. The molecule has 64 heavy (non-hydrogen) atoms. The van der Waals surface area contributed by atoms with Gasteiger partial charge in [-0.15, -0.1) is 0 Å². The normalized spacial score (nSPS) is 19.4. The fraction of sp³-hybridized carbons (Fsp3) is 0.362. The maximum absolute atomic E-state index is 14.1. The molecule has 3 aliphatic heterocycles. The third-order valence-electron chi connectivity index (χ3n) is 12.7. The van der Waals surface area contributed by atoms with Crippen molar-refractivity contribution in [1.29, 1.82) is 0 Å². The molecule has 0 spiro atoms. The van der Waals surface area contributed by atoms with Crippen LogP contribution in [0.25, 0.3) is 44.2 Å². The van der Waals surface area contributed by atoms with Crippen LogP contribution in [0, 0.1) is 5.92 Å². The Hall–Kier alpha value is -6.98. The molecule has 1 unspecified atom stereocenters. The number of carbonyl (C=O) groups excluding carboxylic acids is 3. The number of nitrogens with zero attached hydrogens (tertiary/aromatic N) is 4. The van der Waals surface area contributed by atoms with Crippen LogP contribution in [0.4, 0.5) is 9.59 Å². The summed E-state index contributed by atoms with van der Waals surface area (Å²) in [5.74, 6) is 1.43. The topological polar surface area (TPSA) is 213 Å². The third kappa shape index (κ3) is 7.96. The van der Waals surface area contributed by atoms with E-state index < -0.39 is 36.4 Å². The molecule has 5 N–H and O–H groups in total. The van der Waals surface area contributed by atoms with Crippen LogP contribution in [0.3, 0.4) is 0 Å². The number of hydrogen-bond donors (Lipinski definition) is 5. The van der Waals surface area contributed by atoms with Gasteiger partial charge in [-0.2, -0.15) is 0 Å². The summed E-state index contributed by atoms with van der Waals surface area (Å²) in [5.41, 5.74) is 6.86. The van der Waals surface area contributed by atoms with Crippen LogP contribution in [0.1, 0.15) is 67.1 Å². The van der Waals surface area contributed by atoms with E-state index in [4.69, 9.17) is 28.9 Å². The number of fused-ring (bicyclic) bond motifs is 6. The Morgan fingerprint density at radius 3 is 2.52 bits per heavy atom. The van der Waals surface area contributed by atoms with E-state index in [0.717, 1.165) is 61.9 Å². The lowest BCUT2D eigenvalue weighted by atomic mass is 9.92. The lowest BCUT2D eigenvalue weighted by molar-refractivity contribution is -0.138. The van der Waals surface area contributed by atoms with Crippen LogP contribution < -0.4 is 15.4 Å². The van der Waals surface area contributed by atoms with Crippen LogP contribution in [0.2, 0.25) is 0 Å². The minimum absolute atomic E-state index is 0.0492. The standard InChI is InChI=1S/C47H50N8O9/c1-25(62-3)39(53-47(60)63-4)44(56)55-22-26(23-61-2)17-37(55)43-49-34-15-13-28-19-33-31-14-12-29(18-30(31)24-64-38(33)20-32(28)41(34)51-43)35-21-48-42(50-35)36-11-8-16-54(36)45(57)40(52-46(58)59)27-9-6-5-7-10-27/h5-7,9-10,12-15,18-21,25-26,36-37,39-40,52H,8,11,16-17,22-24H2,1-4H3,(H,48,50)(H,49,51)(H,53,60)(H,58,59)/t25?,26-,36-,37-,39-,40+/m0/s1. The van der Waals surface area contributed by atoms with Gasteiger partial charge < -0.3 is 54.5 Å². The number of methoxy groups -OCH3 is 3. The molecule has 2 fully saturated rings. The maximum atomic E-state index is 14.1. The van der Waals surface area contributed by atoms with E-state index in [-0.39, 0.29) is 23.8 Å². The first-order valence-electron chi connectivity index (χ1n) is 21.3. The first-order valence-corrected chi connectivity index (χ1v) is 21.3. The highest BCUT2D eigenvalue weighted by molar-refractivity contribution is 6.07. The molecular formula is C47H50N8O9. The number of rotatable bonds is 12. The second-order valence-electron chi connectivity index (χ2n) is 16.6. The number of carbonyl (C=O) groups is 4. The van der Waals surface area contributed by atoms with Crippen LogP contribution in [-0.2, 0) is 30.4 Å². The van der Waals surface area contributed by atoms with Crippen molar-refractivity contribution >= 4 is 45.8 Å². The first-order chi connectivity index (χ1) is 31.0. The summed E-state index contributed by atoms with van der Waals surface area (Å²) >= 11 is 0. The molecule has 4 amide bonds. The molecule has 2 aromatic heterocycles. The minimum atomic E-state index is -1.27. The fourth-order valence-electron chi connectivity index (χ4n) is 9.48. The largest absolute Gasteiger partial charge is 0.488 e. The van der Waals surface area contributed by atoms with Gasteiger partial charge in [0, 0.05) is 44.2 Å². The van der Waals surface area contributed by atoms with Crippen LogP contribution in [-0.4, -0.2) is 112 Å². The summed E-state index contributed by atoms with van der Waals surface area (Å²) in [6, 6.07) is 20.5. The van der Waals surface area contributed by atoms with Gasteiger partial charge in [-0.1, -0.05) is 48.5 Å². The van der Waals surface area contributed by atoms with Gasteiger partial charge in [0.25, 0.3) is 5.91 Å². The van der Waals surface area contributed by atoms with Crippen LogP contribution in [0.15, 0.2) is 79.0 Å². The molecule has 6 atom stereocenters. The Kier molecular flexibility index (Phi) is 11.7. The summed E-state index contributed by atoms with van der Waals surface area (Å²) < 4.78 is 22.2. The molecule has 5 heterocycles. The Balaban J connectivity index is 0.970. The highest BCUT2D eigenvalue weighted by Crippen LogP contribution is 2.44. The zero-order valence-corrected chi connectivity index (χ0v) is 35.9. The number of carboxylic acid groups (broad SMARTS) is 1. The fourth-order valence-corrected chi connectivity index (χ4v) is 9.48. The van der Waals surface area contributed by atoms with Gasteiger partial charge in [-0.05, 0) is 78.1 Å². The van der Waals surface area contributed by atoms with Crippen molar-refractivity contribution in [3.8, 4) is 28.1 Å². The molecule has 9 rings (SSSR count). The number of benzene rings is 4. The van der Waals surface area contributed by atoms with Crippen molar-refractivity contribution in [3.05, 3.63) is 102 Å². The lowest BCUT2D eigenvalue weighted by Crippen LogP contribution is -2.54. The highest BCUT2D eigenvalue weighted by atomic mass is 16.5. The highest BCUT2D eigenvalue weighted by Gasteiger charge is 2.43. The molecule has 6 aromatic rings. The molecule has 17 heteroatoms. The van der Waals surface area contributed by atoms with Crippen molar-refractivity contribution in [2.75, 3.05) is 41.0 Å². The molecule has 4 aromatic carbocycles. The number of hydrogen-bond acceptors (Lipinski definition) is 10. The predicted octanol–water partition coefficient (Wildman–Crippen LogP) is 6.63. The minimum Gasteiger partial charge on any atom is -0.488 e. The van der Waals surface area contributed by atoms with Gasteiger partial charge in [0.15, 0.2) is 0 Å². The number of alkyl carbamates (subject to hydrolysis) is 1. The number of nitrogens with one attached hydrogen (secondary N) is 4. The summed E-state index contributed by atoms with van der Waals surface area (Å²) in [7, 11) is 4.38. The van der Waals surface area contributed by atoms with Crippen LogP contribution >= 0.6 is 0 Å². The van der Waals surface area contributed by atoms with E-state index in [9.17, 15) is 24.3 Å². The monoisotopic (exact) mass is 870 g/mol. The predicted molar refractivity (Wildman–Crippen MR) is 235 cm³/mol. The molecule has 0 saturated carbocycles. The average molecular weight is 871 g/mol. The maximum Gasteiger partial charge on any atom is 0.407 e. The third-order valence-corrected chi connectivity index (χ3v) is 12.7. The van der Waals surface area contributed by atoms with E-state index >= 15 is 0 Å². The summed E-state index contributed by atoms with van der Waals surface area (Å²) in [6.07, 6.45) is 1.23. The molecule has 17 nitrogen and oxygen atoms in total. The second-order valence-corrected chi connectivity index (χ2v) is 16.6. The van der Waals surface area contributed by atoms with Gasteiger partial charge >= 0.3 is 12.2 Å². The number of H-pyrrole nitrogens is 2. The summed E-state index contributed by atoms with van der Waals surface area (Å²) in [4.78, 5) is 72.2. The summed E-state index contributed by atoms with van der Waals surface area (Å²) in [6.45, 7) is 3.43. The van der Waals surface area contributed by atoms with Gasteiger partial charge in [-0.3, -0.25) is 9.59 Å². The number of imidazole rings is 2. The molecule has 0 bridgehead atoms. The van der Waals surface area contributed by atoms with Gasteiger partial charge in [0.05, 0.1) is 54.8 Å². The van der Waals surface area contributed by atoms with E-state index in [1.54, 1.807) is 54.3 Å².